The largest absolute Gasteiger partial charge is 0.490 e. The van der Waals surface area contributed by atoms with Crippen molar-refractivity contribution in [3.63, 3.8) is 0 Å². The number of thiophene rings is 1. The maximum absolute atomic E-state index is 6.28. The van der Waals surface area contributed by atoms with Crippen LogP contribution < -0.4 is 9.47 Å². The third kappa shape index (κ3) is 3.52. The Kier molecular flexibility index (Phi) is 5.65. The van der Waals surface area contributed by atoms with Crippen LogP contribution in [-0.2, 0) is 24.4 Å². The molecule has 0 radical (unpaired) electrons. The summed E-state index contributed by atoms with van der Waals surface area (Å²) in [5.41, 5.74) is -0.228. The molecule has 0 spiro atoms. The van der Waals surface area contributed by atoms with Gasteiger partial charge in [0.05, 0.1) is 26.0 Å². The van der Waals surface area contributed by atoms with Gasteiger partial charge in [0, 0.05) is 5.41 Å². The van der Waals surface area contributed by atoms with Gasteiger partial charge in [-0.25, -0.2) is 0 Å². The molecule has 1 aromatic rings. The molecule has 0 bridgehead atoms. The first kappa shape index (κ1) is 22.2. The Morgan fingerprint density at radius 1 is 0.788 bits per heavy atom. The Balaban J connectivity index is 1.41. The topological polar surface area (TPSA) is 55.4 Å². The Hall–Kier alpha value is -1.32. The first-order valence-electron chi connectivity index (χ1n) is 11.6. The highest BCUT2D eigenvalue weighted by atomic mass is 32.2. The first-order chi connectivity index (χ1) is 16.0. The van der Waals surface area contributed by atoms with Crippen molar-refractivity contribution < 1.29 is 28.4 Å². The smallest absolute Gasteiger partial charge is 0.177 e. The lowest BCUT2D eigenvalue weighted by Gasteiger charge is -2.33. The predicted molar refractivity (Wildman–Crippen MR) is 131 cm³/mol. The summed E-state index contributed by atoms with van der Waals surface area (Å²) in [6, 6.07) is 0. The van der Waals surface area contributed by atoms with E-state index in [0.717, 1.165) is 40.3 Å². The fourth-order valence-corrected chi connectivity index (χ4v) is 9.58. The first-order valence-corrected chi connectivity index (χ1v) is 14.5. The van der Waals surface area contributed by atoms with E-state index in [1.807, 2.05) is 23.5 Å². The Morgan fingerprint density at radius 3 is 2.18 bits per heavy atom. The van der Waals surface area contributed by atoms with E-state index in [4.69, 9.17) is 28.4 Å². The molecule has 6 nitrogen and oxygen atoms in total. The molecular weight excluding hydrogens is 480 g/mol. The van der Waals surface area contributed by atoms with E-state index >= 15 is 0 Å². The zero-order chi connectivity index (χ0) is 22.7. The van der Waals surface area contributed by atoms with Gasteiger partial charge in [0.2, 0.25) is 0 Å². The van der Waals surface area contributed by atoms with Crippen LogP contribution in [0.2, 0.25) is 0 Å². The van der Waals surface area contributed by atoms with Crippen molar-refractivity contribution in [3.05, 3.63) is 32.8 Å². The van der Waals surface area contributed by atoms with Crippen LogP contribution in [-0.4, -0.2) is 55.9 Å². The average Bonchev–Trinajstić information content (AvgIpc) is 3.52. The number of thioether (sulfide) groups is 2. The molecule has 0 saturated carbocycles. The van der Waals surface area contributed by atoms with Crippen LogP contribution in [0.4, 0.5) is 0 Å². The molecule has 3 unspecified atom stereocenters. The van der Waals surface area contributed by atoms with Crippen LogP contribution in [0.15, 0.2) is 23.0 Å². The predicted octanol–water partition coefficient (Wildman–Crippen LogP) is 5.24. The molecule has 0 aliphatic carbocycles. The van der Waals surface area contributed by atoms with Gasteiger partial charge in [0.25, 0.3) is 0 Å². The maximum Gasteiger partial charge on any atom is 0.177 e. The summed E-state index contributed by atoms with van der Waals surface area (Å²) in [5, 5.41) is 0.554. The molecule has 0 fully saturated rings. The number of hydrogen-bond donors (Lipinski definition) is 0. The molecule has 3 atom stereocenters. The summed E-state index contributed by atoms with van der Waals surface area (Å²) in [4.78, 5) is 2.38. The van der Waals surface area contributed by atoms with Crippen molar-refractivity contribution in [2.75, 3.05) is 45.4 Å². The van der Waals surface area contributed by atoms with E-state index in [-0.39, 0.29) is 15.9 Å². The lowest BCUT2D eigenvalue weighted by molar-refractivity contribution is 0.0535. The van der Waals surface area contributed by atoms with Gasteiger partial charge in [-0.3, -0.25) is 0 Å². The van der Waals surface area contributed by atoms with Gasteiger partial charge in [-0.05, 0) is 5.92 Å². The van der Waals surface area contributed by atoms with E-state index < -0.39 is 0 Å². The van der Waals surface area contributed by atoms with E-state index in [2.05, 4.69) is 27.7 Å². The Bertz CT molecular complexity index is 1010. The van der Waals surface area contributed by atoms with Crippen LogP contribution in [0, 0.1) is 5.92 Å². The molecule has 6 heterocycles. The third-order valence-corrected chi connectivity index (χ3v) is 11.7. The van der Waals surface area contributed by atoms with Crippen molar-refractivity contribution in [2.45, 2.75) is 48.9 Å². The zero-order valence-corrected chi connectivity index (χ0v) is 21.9. The highest BCUT2D eigenvalue weighted by Gasteiger charge is 2.51. The standard InChI is InChI=1S/C24H30O6S3/c1-12(2)19-15-17(29-9-7-27-15)22(32-19)24(3,4)23-18-16(28-8-10-30-18)21(33-23)20-14-13(11-31-20)25-5-6-26-14/h12,19-20,22H,5-11H2,1-4H3. The van der Waals surface area contributed by atoms with Crippen LogP contribution in [0.3, 0.4) is 0 Å². The fraction of sp³-hybridized carbons (Fsp3) is 0.667. The minimum atomic E-state index is -0.228. The number of rotatable bonds is 4. The number of fused-ring (bicyclic) bond motifs is 1. The molecular formula is C24H30O6S3. The molecule has 1 aromatic heterocycles. The summed E-state index contributed by atoms with van der Waals surface area (Å²) in [6.07, 6.45) is 0. The number of hydrogen-bond acceptors (Lipinski definition) is 9. The molecule has 0 amide bonds. The molecule has 9 heteroatoms. The van der Waals surface area contributed by atoms with Crippen LogP contribution >= 0.6 is 34.9 Å². The summed E-state index contributed by atoms with van der Waals surface area (Å²) in [6.45, 7) is 12.7. The van der Waals surface area contributed by atoms with Crippen molar-refractivity contribution in [3.8, 4) is 11.5 Å². The quantitative estimate of drug-likeness (QED) is 0.545. The van der Waals surface area contributed by atoms with Crippen molar-refractivity contribution in [1.82, 2.24) is 0 Å². The fourth-order valence-electron chi connectivity index (χ4n) is 5.02. The molecule has 0 saturated heterocycles. The second-order valence-electron chi connectivity index (χ2n) is 9.65. The minimum absolute atomic E-state index is 0.0917. The molecule has 33 heavy (non-hydrogen) atoms. The molecule has 180 valence electrons. The van der Waals surface area contributed by atoms with Crippen molar-refractivity contribution in [2.24, 2.45) is 5.92 Å². The normalized spacial score (nSPS) is 28.7. The minimum Gasteiger partial charge on any atom is -0.490 e. The van der Waals surface area contributed by atoms with Crippen LogP contribution in [0.1, 0.15) is 42.7 Å². The van der Waals surface area contributed by atoms with E-state index in [1.165, 1.54) is 9.75 Å². The average molecular weight is 511 g/mol. The molecule has 0 N–H and O–H groups in total. The van der Waals surface area contributed by atoms with Crippen molar-refractivity contribution >= 4 is 34.9 Å². The summed E-state index contributed by atoms with van der Waals surface area (Å²) in [5.74, 6) is 7.07. The van der Waals surface area contributed by atoms with E-state index in [0.29, 0.717) is 50.8 Å². The summed E-state index contributed by atoms with van der Waals surface area (Å²) in [7, 11) is 0. The van der Waals surface area contributed by atoms with Crippen LogP contribution in [0.25, 0.3) is 0 Å². The van der Waals surface area contributed by atoms with Gasteiger partial charge >= 0.3 is 0 Å². The number of ether oxygens (including phenoxy) is 6. The lowest BCUT2D eigenvalue weighted by Crippen LogP contribution is -2.33. The lowest BCUT2D eigenvalue weighted by atomic mass is 9.84. The van der Waals surface area contributed by atoms with Gasteiger partial charge < -0.3 is 28.4 Å². The molecule has 6 rings (SSSR count). The third-order valence-electron chi connectivity index (χ3n) is 6.64. The van der Waals surface area contributed by atoms with Gasteiger partial charge in [0.1, 0.15) is 62.2 Å². The SMILES string of the molecule is CC(C)C1SC(C(C)(C)c2sc(C3SCC4=C3OCCO4)c3c2OCCO3)C2=C1OCCO2. The van der Waals surface area contributed by atoms with Crippen molar-refractivity contribution in [1.29, 1.82) is 0 Å². The summed E-state index contributed by atoms with van der Waals surface area (Å²) >= 11 is 5.61. The van der Waals surface area contributed by atoms with Gasteiger partial charge in [-0.15, -0.1) is 34.9 Å². The van der Waals surface area contributed by atoms with E-state index in [1.54, 1.807) is 11.3 Å². The van der Waals surface area contributed by atoms with Gasteiger partial charge in [0.15, 0.2) is 17.3 Å². The second-order valence-corrected chi connectivity index (χ2v) is 13.1. The van der Waals surface area contributed by atoms with E-state index in [9.17, 15) is 0 Å². The Morgan fingerprint density at radius 2 is 1.42 bits per heavy atom. The maximum atomic E-state index is 6.28. The highest BCUT2D eigenvalue weighted by Crippen LogP contribution is 2.61. The highest BCUT2D eigenvalue weighted by molar-refractivity contribution is 8.01. The zero-order valence-electron chi connectivity index (χ0n) is 19.4. The monoisotopic (exact) mass is 510 g/mol. The van der Waals surface area contributed by atoms with Gasteiger partial charge in [-0.2, -0.15) is 0 Å². The van der Waals surface area contributed by atoms with Gasteiger partial charge in [-0.1, -0.05) is 27.7 Å². The molecule has 5 aliphatic heterocycles. The Labute approximate surface area is 207 Å². The van der Waals surface area contributed by atoms with Crippen LogP contribution in [0.5, 0.6) is 11.5 Å². The molecule has 0 aromatic carbocycles. The summed E-state index contributed by atoms with van der Waals surface area (Å²) < 4.78 is 36.8. The molecule has 5 aliphatic rings. The second kappa shape index (κ2) is 8.41.